The van der Waals surface area contributed by atoms with Gasteiger partial charge in [-0.2, -0.15) is 0 Å². The average Bonchev–Trinajstić information content (AvgIpc) is 3.67. The number of hydrogen-bond acceptors (Lipinski definition) is 3. The molecule has 0 fully saturated rings. The van der Waals surface area contributed by atoms with Gasteiger partial charge in [-0.3, -0.25) is 0 Å². The highest BCUT2D eigenvalue weighted by Crippen LogP contribution is 2.43. The van der Waals surface area contributed by atoms with Gasteiger partial charge in [-0.25, -0.2) is 9.97 Å². The summed E-state index contributed by atoms with van der Waals surface area (Å²) in [5.74, 6) is 0.717. The number of benzene rings is 6. The van der Waals surface area contributed by atoms with E-state index in [1.54, 1.807) is 0 Å². The molecule has 0 bridgehead atoms. The predicted octanol–water partition coefficient (Wildman–Crippen LogP) is 11.5. The molecule has 3 aromatic heterocycles. The highest BCUT2D eigenvalue weighted by Gasteiger charge is 2.18. The van der Waals surface area contributed by atoms with Gasteiger partial charge >= 0.3 is 0 Å². The van der Waals surface area contributed by atoms with Crippen LogP contribution in [0, 0.1) is 0 Å². The van der Waals surface area contributed by atoms with Crippen molar-refractivity contribution in [3.8, 4) is 50.7 Å². The van der Waals surface area contributed by atoms with E-state index < -0.39 is 0 Å². The highest BCUT2D eigenvalue weighted by molar-refractivity contribution is 7.26. The van der Waals surface area contributed by atoms with Crippen LogP contribution in [-0.2, 0) is 0 Å². The molecule has 0 aliphatic rings. The largest absolute Gasteiger partial charge is 0.308 e. The lowest BCUT2D eigenvalue weighted by Gasteiger charge is -2.10. The van der Waals surface area contributed by atoms with Gasteiger partial charge in [0, 0.05) is 37.9 Å². The molecule has 46 heavy (non-hydrogen) atoms. The van der Waals surface area contributed by atoms with Crippen LogP contribution in [0.1, 0.15) is 0 Å². The van der Waals surface area contributed by atoms with E-state index in [9.17, 15) is 0 Å². The van der Waals surface area contributed by atoms with Crippen LogP contribution in [0.25, 0.3) is 81.9 Å². The summed E-state index contributed by atoms with van der Waals surface area (Å²) in [5, 5.41) is 2.56. The molecule has 3 nitrogen and oxygen atoms in total. The third kappa shape index (κ3) is 4.50. The molecule has 0 N–H and O–H groups in total. The number of rotatable bonds is 5. The number of fused-ring (bicyclic) bond motifs is 5. The Balaban J connectivity index is 1.16. The fourth-order valence-electron chi connectivity index (χ4n) is 6.40. The second kappa shape index (κ2) is 11.0. The minimum atomic E-state index is 0.717. The number of nitrogens with zero attached hydrogens (tertiary/aromatic N) is 3. The summed E-state index contributed by atoms with van der Waals surface area (Å²) in [6.07, 6.45) is 0. The fourth-order valence-corrected chi connectivity index (χ4v) is 7.61. The predicted molar refractivity (Wildman–Crippen MR) is 193 cm³/mol. The topological polar surface area (TPSA) is 30.7 Å². The Morgan fingerprint density at radius 1 is 0.435 bits per heavy atom. The monoisotopic (exact) mass is 605 g/mol. The lowest BCUT2D eigenvalue weighted by Crippen LogP contribution is -1.96. The molecule has 0 spiro atoms. The van der Waals surface area contributed by atoms with Crippen molar-refractivity contribution in [1.29, 1.82) is 0 Å². The van der Waals surface area contributed by atoms with Crippen molar-refractivity contribution in [3.05, 3.63) is 164 Å². The normalized spacial score (nSPS) is 11.5. The SMILES string of the molecule is c1ccc(-c2cc(-c3ccccc3)nc(-c3ccc(-c4ccc5c(c4)c4sc6ccccc6c4n5-c4ccccc4)cc3)n2)cc1. The van der Waals surface area contributed by atoms with Crippen LogP contribution in [0.4, 0.5) is 0 Å². The lowest BCUT2D eigenvalue weighted by atomic mass is 10.0. The third-order valence-corrected chi connectivity index (χ3v) is 9.82. The average molecular weight is 606 g/mol. The summed E-state index contributed by atoms with van der Waals surface area (Å²) in [7, 11) is 0. The summed E-state index contributed by atoms with van der Waals surface area (Å²) in [6, 6.07) is 57.6. The van der Waals surface area contributed by atoms with Crippen molar-refractivity contribution >= 4 is 42.5 Å². The quantitative estimate of drug-likeness (QED) is 0.195. The molecule has 3 heterocycles. The Morgan fingerprint density at radius 3 is 1.67 bits per heavy atom. The first-order valence-corrected chi connectivity index (χ1v) is 16.2. The molecule has 0 aliphatic carbocycles. The maximum Gasteiger partial charge on any atom is 0.160 e. The molecule has 216 valence electrons. The van der Waals surface area contributed by atoms with Gasteiger partial charge in [0.05, 0.1) is 27.1 Å². The number of hydrogen-bond donors (Lipinski definition) is 0. The minimum absolute atomic E-state index is 0.717. The van der Waals surface area contributed by atoms with Crippen LogP contribution in [0.15, 0.2) is 164 Å². The molecule has 9 aromatic rings. The van der Waals surface area contributed by atoms with Crippen molar-refractivity contribution in [1.82, 2.24) is 14.5 Å². The molecule has 0 atom stereocenters. The summed E-state index contributed by atoms with van der Waals surface area (Å²) in [6.45, 7) is 0. The fraction of sp³-hybridized carbons (Fsp3) is 0. The molecule has 6 aromatic carbocycles. The summed E-state index contributed by atoms with van der Waals surface area (Å²) >= 11 is 1.87. The van der Waals surface area contributed by atoms with Gasteiger partial charge in [0.2, 0.25) is 0 Å². The van der Waals surface area contributed by atoms with Gasteiger partial charge in [0.15, 0.2) is 5.82 Å². The van der Waals surface area contributed by atoms with Crippen molar-refractivity contribution < 1.29 is 0 Å². The molecule has 9 rings (SSSR count). The number of aromatic nitrogens is 3. The van der Waals surface area contributed by atoms with E-state index in [0.717, 1.165) is 33.6 Å². The summed E-state index contributed by atoms with van der Waals surface area (Å²) in [4.78, 5) is 10.0. The smallest absolute Gasteiger partial charge is 0.160 e. The first-order chi connectivity index (χ1) is 22.8. The molecule has 0 radical (unpaired) electrons. The Hall–Kier alpha value is -5.84. The van der Waals surface area contributed by atoms with E-state index in [2.05, 4.69) is 132 Å². The van der Waals surface area contributed by atoms with E-state index in [4.69, 9.17) is 9.97 Å². The van der Waals surface area contributed by atoms with Crippen LogP contribution >= 0.6 is 11.3 Å². The molecule has 0 saturated heterocycles. The molecule has 0 saturated carbocycles. The first-order valence-electron chi connectivity index (χ1n) is 15.4. The minimum Gasteiger partial charge on any atom is -0.308 e. The van der Waals surface area contributed by atoms with Gasteiger partial charge in [-0.15, -0.1) is 11.3 Å². The number of para-hydroxylation sites is 1. The maximum absolute atomic E-state index is 5.02. The highest BCUT2D eigenvalue weighted by atomic mass is 32.1. The van der Waals surface area contributed by atoms with Crippen molar-refractivity contribution in [2.75, 3.05) is 0 Å². The van der Waals surface area contributed by atoms with E-state index >= 15 is 0 Å². The van der Waals surface area contributed by atoms with Gasteiger partial charge in [-0.1, -0.05) is 127 Å². The van der Waals surface area contributed by atoms with Gasteiger partial charge in [0.25, 0.3) is 0 Å². The molecule has 4 heteroatoms. The van der Waals surface area contributed by atoms with Gasteiger partial charge < -0.3 is 4.57 Å². The van der Waals surface area contributed by atoms with Crippen LogP contribution < -0.4 is 0 Å². The van der Waals surface area contributed by atoms with Crippen molar-refractivity contribution in [2.45, 2.75) is 0 Å². The standard InChI is InChI=1S/C42H27N3S/c1-4-12-29(13-5-1)36-27-37(30-14-6-2-7-15-30)44-42(43-36)31-22-20-28(21-23-31)32-24-25-38-35(26-32)41-40(34-18-10-11-19-39(34)46-41)45(38)33-16-8-3-9-17-33/h1-27H. The van der Waals surface area contributed by atoms with E-state index in [1.807, 2.05) is 47.7 Å². The van der Waals surface area contributed by atoms with Gasteiger partial charge in [-0.05, 0) is 47.5 Å². The zero-order valence-electron chi connectivity index (χ0n) is 24.8. The van der Waals surface area contributed by atoms with Crippen LogP contribution in [0.3, 0.4) is 0 Å². The third-order valence-electron chi connectivity index (χ3n) is 8.63. The lowest BCUT2D eigenvalue weighted by molar-refractivity contribution is 1.18. The molecule has 0 aliphatic heterocycles. The van der Waals surface area contributed by atoms with Crippen molar-refractivity contribution in [2.24, 2.45) is 0 Å². The second-order valence-corrected chi connectivity index (χ2v) is 12.5. The molecule has 0 unspecified atom stereocenters. The second-order valence-electron chi connectivity index (χ2n) is 11.5. The van der Waals surface area contributed by atoms with E-state index in [0.29, 0.717) is 5.82 Å². The Labute approximate surface area is 270 Å². The summed E-state index contributed by atoms with van der Waals surface area (Å²) in [5.41, 5.74) is 11.0. The van der Waals surface area contributed by atoms with E-state index in [1.165, 1.54) is 42.5 Å². The molecular formula is C42H27N3S. The number of thiophene rings is 1. The molecular weight excluding hydrogens is 579 g/mol. The Morgan fingerprint density at radius 2 is 1.00 bits per heavy atom. The molecule has 0 amide bonds. The zero-order valence-corrected chi connectivity index (χ0v) is 25.7. The first kappa shape index (κ1) is 26.6. The van der Waals surface area contributed by atoms with Gasteiger partial charge in [0.1, 0.15) is 0 Å². The maximum atomic E-state index is 5.02. The summed E-state index contributed by atoms with van der Waals surface area (Å²) < 4.78 is 5.04. The van der Waals surface area contributed by atoms with Crippen molar-refractivity contribution in [3.63, 3.8) is 0 Å². The van der Waals surface area contributed by atoms with Crippen LogP contribution in [-0.4, -0.2) is 14.5 Å². The Bertz CT molecular complexity index is 2440. The van der Waals surface area contributed by atoms with E-state index in [-0.39, 0.29) is 0 Å². The van der Waals surface area contributed by atoms with Crippen LogP contribution in [0.2, 0.25) is 0 Å². The zero-order chi connectivity index (χ0) is 30.5. The van der Waals surface area contributed by atoms with Crippen LogP contribution in [0.5, 0.6) is 0 Å². The Kier molecular flexibility index (Phi) is 6.32.